The summed E-state index contributed by atoms with van der Waals surface area (Å²) in [6.45, 7) is 2.85. The number of benzene rings is 2. The largest absolute Gasteiger partial charge is 0.448 e. The summed E-state index contributed by atoms with van der Waals surface area (Å²) in [5, 5.41) is 2.88. The Morgan fingerprint density at radius 3 is 2.41 bits per heavy atom. The van der Waals surface area contributed by atoms with Gasteiger partial charge in [0, 0.05) is 43.2 Å². The number of hydrogen-bond acceptors (Lipinski definition) is 5. The molecule has 1 N–H and O–H groups in total. The Morgan fingerprint density at radius 2 is 1.66 bits per heavy atom. The van der Waals surface area contributed by atoms with Crippen LogP contribution in [0.3, 0.4) is 0 Å². The summed E-state index contributed by atoms with van der Waals surface area (Å²) < 4.78 is 39.7. The lowest BCUT2D eigenvalue weighted by atomic mass is 10.1. The second-order valence-corrected chi connectivity index (χ2v) is 10.8. The number of nitrogens with one attached hydrogen (secondary N) is 1. The molecule has 1 saturated heterocycles. The molecule has 2 heterocycles. The first-order valence-corrected chi connectivity index (χ1v) is 12.7. The van der Waals surface area contributed by atoms with Crippen LogP contribution in [0, 0.1) is 6.92 Å². The molecular weight excluding hydrogens is 428 g/mol. The zero-order valence-electron chi connectivity index (χ0n) is 18.2. The van der Waals surface area contributed by atoms with Crippen LogP contribution in [0.25, 0.3) is 0 Å². The molecule has 0 unspecified atom stereocenters. The van der Waals surface area contributed by atoms with E-state index in [-0.39, 0.29) is 10.8 Å². The number of aryl methyl sites for hydroxylation is 1. The first-order valence-electron chi connectivity index (χ1n) is 11.3. The van der Waals surface area contributed by atoms with Gasteiger partial charge in [-0.3, -0.25) is 4.79 Å². The third-order valence-electron chi connectivity index (χ3n) is 6.57. The summed E-state index contributed by atoms with van der Waals surface area (Å²) in [6.07, 6.45) is 6.65. The van der Waals surface area contributed by atoms with Gasteiger partial charge in [-0.25, -0.2) is 8.42 Å². The van der Waals surface area contributed by atoms with Crippen molar-refractivity contribution in [1.29, 1.82) is 0 Å². The van der Waals surface area contributed by atoms with Gasteiger partial charge in [0.05, 0.1) is 4.90 Å². The minimum absolute atomic E-state index is 0.156. The molecule has 2 aliphatic heterocycles. The van der Waals surface area contributed by atoms with E-state index in [9.17, 15) is 13.2 Å². The fourth-order valence-electron chi connectivity index (χ4n) is 4.75. The molecule has 0 aromatic heterocycles. The Balaban J connectivity index is 1.36. The molecule has 0 bridgehead atoms. The van der Waals surface area contributed by atoms with Gasteiger partial charge in [0.15, 0.2) is 11.5 Å². The van der Waals surface area contributed by atoms with Gasteiger partial charge in [-0.1, -0.05) is 12.5 Å². The Bertz CT molecular complexity index is 1150. The average molecular weight is 457 g/mol. The zero-order chi connectivity index (χ0) is 22.3. The van der Waals surface area contributed by atoms with E-state index in [0.29, 0.717) is 41.4 Å². The first kappa shape index (κ1) is 21.3. The van der Waals surface area contributed by atoms with Gasteiger partial charge in [0.1, 0.15) is 0 Å². The van der Waals surface area contributed by atoms with Crippen molar-refractivity contribution in [3.05, 3.63) is 47.5 Å². The third kappa shape index (κ3) is 3.86. The standard InChI is InChI=1S/C24H28N2O5S/c1-17-7-9-19(32(28,29)26-13-5-2-6-14-26)16-20(17)23(27)25-18-8-10-21-22(15-18)31-24(30-21)11-3-4-12-24/h7-10,15-16H,2-6,11-14H2,1H3,(H,25,27). The Labute approximate surface area is 188 Å². The van der Waals surface area contributed by atoms with Crippen LogP contribution < -0.4 is 14.8 Å². The van der Waals surface area contributed by atoms with Crippen LogP contribution in [0.1, 0.15) is 60.9 Å². The molecule has 32 heavy (non-hydrogen) atoms. The molecule has 0 atom stereocenters. The van der Waals surface area contributed by atoms with Gasteiger partial charge in [-0.15, -0.1) is 0 Å². The van der Waals surface area contributed by atoms with E-state index in [4.69, 9.17) is 9.47 Å². The SMILES string of the molecule is Cc1ccc(S(=O)(=O)N2CCCCC2)cc1C(=O)Nc1ccc2c(c1)OC1(CCCC1)O2. The van der Waals surface area contributed by atoms with Crippen LogP contribution in [-0.2, 0) is 10.0 Å². The highest BCUT2D eigenvalue weighted by atomic mass is 32.2. The molecule has 170 valence electrons. The van der Waals surface area contributed by atoms with Gasteiger partial charge in [-0.05, 0) is 62.4 Å². The van der Waals surface area contributed by atoms with E-state index in [0.717, 1.165) is 44.9 Å². The van der Waals surface area contributed by atoms with E-state index in [2.05, 4.69) is 5.32 Å². The van der Waals surface area contributed by atoms with Crippen LogP contribution in [0.5, 0.6) is 11.5 Å². The van der Waals surface area contributed by atoms with Crippen molar-refractivity contribution < 1.29 is 22.7 Å². The summed E-state index contributed by atoms with van der Waals surface area (Å²) in [5.74, 6) is 0.407. The van der Waals surface area contributed by atoms with Crippen LogP contribution in [0.15, 0.2) is 41.3 Å². The fourth-order valence-corrected chi connectivity index (χ4v) is 6.29. The van der Waals surface area contributed by atoms with Crippen molar-refractivity contribution in [2.45, 2.75) is 62.6 Å². The minimum atomic E-state index is -3.61. The molecule has 2 fully saturated rings. The number of fused-ring (bicyclic) bond motifs is 1. The van der Waals surface area contributed by atoms with Gasteiger partial charge in [-0.2, -0.15) is 4.31 Å². The van der Waals surface area contributed by atoms with Crippen molar-refractivity contribution in [2.75, 3.05) is 18.4 Å². The Kier molecular flexibility index (Phi) is 5.37. The summed E-state index contributed by atoms with van der Waals surface area (Å²) in [4.78, 5) is 13.2. The number of carbonyl (C=O) groups is 1. The Morgan fingerprint density at radius 1 is 0.938 bits per heavy atom. The molecule has 8 heteroatoms. The summed E-state index contributed by atoms with van der Waals surface area (Å²) in [7, 11) is -3.61. The molecule has 1 amide bonds. The molecule has 5 rings (SSSR count). The predicted octanol–water partition coefficient (Wildman–Crippen LogP) is 4.46. The average Bonchev–Trinajstić information content (AvgIpc) is 3.39. The van der Waals surface area contributed by atoms with Crippen LogP contribution in [0.4, 0.5) is 5.69 Å². The topological polar surface area (TPSA) is 84.9 Å². The lowest BCUT2D eigenvalue weighted by Crippen LogP contribution is -2.35. The minimum Gasteiger partial charge on any atom is -0.448 e. The fraction of sp³-hybridized carbons (Fsp3) is 0.458. The smallest absolute Gasteiger partial charge is 0.255 e. The van der Waals surface area contributed by atoms with Crippen molar-refractivity contribution in [2.24, 2.45) is 0 Å². The highest BCUT2D eigenvalue weighted by Gasteiger charge is 2.44. The summed E-state index contributed by atoms with van der Waals surface area (Å²) in [6, 6.07) is 10.1. The number of piperidine rings is 1. The highest BCUT2D eigenvalue weighted by molar-refractivity contribution is 7.89. The number of hydrogen-bond donors (Lipinski definition) is 1. The maximum Gasteiger partial charge on any atom is 0.255 e. The molecule has 2 aromatic rings. The van der Waals surface area contributed by atoms with Crippen molar-refractivity contribution in [3.8, 4) is 11.5 Å². The number of carbonyl (C=O) groups excluding carboxylic acids is 1. The lowest BCUT2D eigenvalue weighted by Gasteiger charge is -2.26. The second-order valence-electron chi connectivity index (χ2n) is 8.88. The lowest BCUT2D eigenvalue weighted by molar-refractivity contribution is -0.0716. The first-order chi connectivity index (χ1) is 15.4. The van der Waals surface area contributed by atoms with Gasteiger partial charge >= 0.3 is 0 Å². The molecule has 1 saturated carbocycles. The number of nitrogens with zero attached hydrogens (tertiary/aromatic N) is 1. The molecule has 3 aliphatic rings. The van der Waals surface area contributed by atoms with Crippen molar-refractivity contribution >= 4 is 21.6 Å². The number of sulfonamides is 1. The normalized spacial score (nSPS) is 19.9. The number of rotatable bonds is 4. The van der Waals surface area contributed by atoms with Crippen molar-refractivity contribution in [3.63, 3.8) is 0 Å². The van der Waals surface area contributed by atoms with Gasteiger partial charge in [0.25, 0.3) is 11.7 Å². The van der Waals surface area contributed by atoms with E-state index >= 15 is 0 Å². The summed E-state index contributed by atoms with van der Waals surface area (Å²) in [5.41, 5.74) is 1.63. The second kappa shape index (κ2) is 8.08. The Hall–Kier alpha value is -2.58. The number of anilines is 1. The van der Waals surface area contributed by atoms with Crippen LogP contribution in [-0.4, -0.2) is 37.5 Å². The zero-order valence-corrected chi connectivity index (χ0v) is 19.0. The molecule has 0 radical (unpaired) electrons. The van der Waals surface area contributed by atoms with E-state index in [1.165, 1.54) is 10.4 Å². The molecular formula is C24H28N2O5S. The molecule has 1 spiro atoms. The predicted molar refractivity (Wildman–Crippen MR) is 121 cm³/mol. The van der Waals surface area contributed by atoms with E-state index < -0.39 is 15.8 Å². The monoisotopic (exact) mass is 456 g/mol. The molecule has 7 nitrogen and oxygen atoms in total. The quantitative estimate of drug-likeness (QED) is 0.734. The maximum absolute atomic E-state index is 13.0. The summed E-state index contributed by atoms with van der Waals surface area (Å²) >= 11 is 0. The molecule has 1 aliphatic carbocycles. The third-order valence-corrected chi connectivity index (χ3v) is 8.46. The molecule has 2 aromatic carbocycles. The van der Waals surface area contributed by atoms with E-state index in [1.54, 1.807) is 31.2 Å². The number of ether oxygens (including phenoxy) is 2. The van der Waals surface area contributed by atoms with Crippen molar-refractivity contribution in [1.82, 2.24) is 4.31 Å². The van der Waals surface area contributed by atoms with Crippen LogP contribution >= 0.6 is 0 Å². The number of amides is 1. The van der Waals surface area contributed by atoms with E-state index in [1.807, 2.05) is 6.07 Å². The maximum atomic E-state index is 13.0. The highest BCUT2D eigenvalue weighted by Crippen LogP contribution is 2.47. The van der Waals surface area contributed by atoms with Gasteiger partial charge in [0.2, 0.25) is 10.0 Å². The van der Waals surface area contributed by atoms with Gasteiger partial charge < -0.3 is 14.8 Å². The van der Waals surface area contributed by atoms with Crippen LogP contribution in [0.2, 0.25) is 0 Å².